The number of rotatable bonds is 5. The Balaban J connectivity index is 2.16. The van der Waals surface area contributed by atoms with Crippen LogP contribution in [0.25, 0.3) is 0 Å². The van der Waals surface area contributed by atoms with Crippen LogP contribution in [0.3, 0.4) is 0 Å². The van der Waals surface area contributed by atoms with Crippen LogP contribution in [0.15, 0.2) is 10.9 Å². The number of anilines is 1. The normalized spacial score (nSPS) is 16.3. The Kier molecular flexibility index (Phi) is 3.36. The SMILES string of the molecule is CC(CN(C)c1cc(=O)[nH]c(C2CC2)n1)C(=O)O. The number of aromatic amines is 1. The van der Waals surface area contributed by atoms with Gasteiger partial charge in [0.1, 0.15) is 11.6 Å². The number of aromatic nitrogens is 2. The molecular weight excluding hydrogens is 234 g/mol. The molecule has 0 aromatic carbocycles. The predicted octanol–water partition coefficient (Wildman–Crippen LogP) is 0.804. The molecule has 0 spiro atoms. The van der Waals surface area contributed by atoms with Gasteiger partial charge in [-0.15, -0.1) is 0 Å². The van der Waals surface area contributed by atoms with Crippen molar-refractivity contribution in [3.05, 3.63) is 22.2 Å². The number of nitrogens with one attached hydrogen (secondary N) is 1. The summed E-state index contributed by atoms with van der Waals surface area (Å²) in [6.07, 6.45) is 2.11. The van der Waals surface area contributed by atoms with Gasteiger partial charge >= 0.3 is 5.97 Å². The molecule has 1 aliphatic carbocycles. The minimum absolute atomic E-state index is 0.184. The van der Waals surface area contributed by atoms with E-state index >= 15 is 0 Å². The van der Waals surface area contributed by atoms with Crippen molar-refractivity contribution in [2.75, 3.05) is 18.5 Å². The van der Waals surface area contributed by atoms with E-state index in [-0.39, 0.29) is 5.56 Å². The summed E-state index contributed by atoms with van der Waals surface area (Å²) in [4.78, 5) is 31.2. The Morgan fingerprint density at radius 2 is 2.33 bits per heavy atom. The maximum atomic E-state index is 11.5. The van der Waals surface area contributed by atoms with Gasteiger partial charge in [0.15, 0.2) is 0 Å². The number of nitrogens with zero attached hydrogens (tertiary/aromatic N) is 2. The Hall–Kier alpha value is -1.85. The molecule has 1 atom stereocenters. The quantitative estimate of drug-likeness (QED) is 0.808. The van der Waals surface area contributed by atoms with Gasteiger partial charge in [0.05, 0.1) is 5.92 Å². The van der Waals surface area contributed by atoms with E-state index < -0.39 is 11.9 Å². The van der Waals surface area contributed by atoms with Crippen molar-refractivity contribution in [1.82, 2.24) is 9.97 Å². The van der Waals surface area contributed by atoms with Crippen LogP contribution >= 0.6 is 0 Å². The van der Waals surface area contributed by atoms with Gasteiger partial charge < -0.3 is 15.0 Å². The average Bonchev–Trinajstić information content (AvgIpc) is 3.11. The van der Waals surface area contributed by atoms with E-state index in [1.165, 1.54) is 6.07 Å². The van der Waals surface area contributed by atoms with Crippen LogP contribution in [0.5, 0.6) is 0 Å². The van der Waals surface area contributed by atoms with Gasteiger partial charge in [-0.2, -0.15) is 0 Å². The summed E-state index contributed by atoms with van der Waals surface area (Å²) in [5.41, 5.74) is -0.184. The predicted molar refractivity (Wildman–Crippen MR) is 66.9 cm³/mol. The van der Waals surface area contributed by atoms with E-state index in [0.717, 1.165) is 12.8 Å². The molecule has 0 aliphatic heterocycles. The Labute approximate surface area is 105 Å². The zero-order chi connectivity index (χ0) is 13.3. The molecule has 0 saturated heterocycles. The molecule has 2 N–H and O–H groups in total. The monoisotopic (exact) mass is 251 g/mol. The van der Waals surface area contributed by atoms with Crippen LogP contribution < -0.4 is 10.5 Å². The molecule has 2 rings (SSSR count). The Morgan fingerprint density at radius 1 is 1.67 bits per heavy atom. The minimum atomic E-state index is -0.853. The first-order chi connectivity index (χ1) is 8.47. The molecule has 1 aliphatic rings. The highest BCUT2D eigenvalue weighted by atomic mass is 16.4. The molecule has 98 valence electrons. The summed E-state index contributed by atoms with van der Waals surface area (Å²) in [6.45, 7) is 1.96. The second-order valence-corrected chi connectivity index (χ2v) is 4.88. The van der Waals surface area contributed by atoms with E-state index in [2.05, 4.69) is 9.97 Å². The summed E-state index contributed by atoms with van der Waals surface area (Å²) >= 11 is 0. The van der Waals surface area contributed by atoms with Crippen LogP contribution in [0, 0.1) is 5.92 Å². The summed E-state index contributed by atoms with van der Waals surface area (Å²) in [5.74, 6) is 0.263. The summed E-state index contributed by atoms with van der Waals surface area (Å²) in [6, 6.07) is 1.40. The highest BCUT2D eigenvalue weighted by Gasteiger charge is 2.27. The zero-order valence-electron chi connectivity index (χ0n) is 10.5. The molecule has 0 bridgehead atoms. The lowest BCUT2D eigenvalue weighted by atomic mass is 10.2. The Morgan fingerprint density at radius 3 is 2.89 bits per heavy atom. The van der Waals surface area contributed by atoms with E-state index in [1.807, 2.05) is 0 Å². The fraction of sp³-hybridized carbons (Fsp3) is 0.583. The van der Waals surface area contributed by atoms with Crippen LogP contribution in [0.1, 0.15) is 31.5 Å². The lowest BCUT2D eigenvalue weighted by Gasteiger charge is -2.20. The van der Waals surface area contributed by atoms with Crippen LogP contribution in [-0.2, 0) is 4.79 Å². The third kappa shape index (κ3) is 2.88. The molecule has 1 heterocycles. The van der Waals surface area contributed by atoms with E-state index in [0.29, 0.717) is 24.1 Å². The smallest absolute Gasteiger partial charge is 0.308 e. The molecule has 0 amide bonds. The summed E-state index contributed by atoms with van der Waals surface area (Å²) in [7, 11) is 1.75. The fourth-order valence-electron chi connectivity index (χ4n) is 1.79. The topological polar surface area (TPSA) is 86.3 Å². The number of aliphatic carboxylic acids is 1. The number of carbonyl (C=O) groups is 1. The van der Waals surface area contributed by atoms with Gasteiger partial charge in [-0.1, -0.05) is 6.92 Å². The number of hydrogen-bond donors (Lipinski definition) is 2. The highest BCUT2D eigenvalue weighted by Crippen LogP contribution is 2.37. The van der Waals surface area contributed by atoms with E-state index in [4.69, 9.17) is 5.11 Å². The molecule has 1 saturated carbocycles. The summed E-state index contributed by atoms with van der Waals surface area (Å²) < 4.78 is 0. The second kappa shape index (κ2) is 4.80. The highest BCUT2D eigenvalue weighted by molar-refractivity contribution is 5.70. The van der Waals surface area contributed by atoms with Crippen molar-refractivity contribution >= 4 is 11.8 Å². The molecule has 6 heteroatoms. The molecule has 1 fully saturated rings. The zero-order valence-corrected chi connectivity index (χ0v) is 10.5. The van der Waals surface area contributed by atoms with Crippen molar-refractivity contribution in [2.45, 2.75) is 25.7 Å². The number of hydrogen-bond acceptors (Lipinski definition) is 4. The average molecular weight is 251 g/mol. The molecular formula is C12H17N3O3. The summed E-state index contributed by atoms with van der Waals surface area (Å²) in [5, 5.41) is 8.87. The molecule has 18 heavy (non-hydrogen) atoms. The standard InChI is InChI=1S/C12H17N3O3/c1-7(12(17)18)6-15(2)9-5-10(16)14-11(13-9)8-3-4-8/h5,7-8H,3-4,6H2,1-2H3,(H,17,18)(H,13,14,16). The molecule has 1 aromatic rings. The largest absolute Gasteiger partial charge is 0.481 e. The fourth-order valence-corrected chi connectivity index (χ4v) is 1.79. The molecule has 1 unspecified atom stereocenters. The third-order valence-corrected chi connectivity index (χ3v) is 3.07. The van der Waals surface area contributed by atoms with Gasteiger partial charge in [-0.3, -0.25) is 9.59 Å². The maximum Gasteiger partial charge on any atom is 0.308 e. The second-order valence-electron chi connectivity index (χ2n) is 4.88. The molecule has 6 nitrogen and oxygen atoms in total. The molecule has 1 aromatic heterocycles. The van der Waals surface area contributed by atoms with Crippen molar-refractivity contribution in [3.8, 4) is 0 Å². The van der Waals surface area contributed by atoms with Crippen LogP contribution in [0.2, 0.25) is 0 Å². The van der Waals surface area contributed by atoms with Crippen LogP contribution in [-0.4, -0.2) is 34.6 Å². The van der Waals surface area contributed by atoms with Crippen molar-refractivity contribution in [2.24, 2.45) is 5.92 Å². The van der Waals surface area contributed by atoms with Gasteiger partial charge in [0.25, 0.3) is 5.56 Å². The number of carboxylic acids is 1. The lowest BCUT2D eigenvalue weighted by molar-refractivity contribution is -0.140. The number of H-pyrrole nitrogens is 1. The number of carboxylic acid groups (broad SMARTS) is 1. The first-order valence-electron chi connectivity index (χ1n) is 6.02. The third-order valence-electron chi connectivity index (χ3n) is 3.07. The Bertz CT molecular complexity index is 508. The van der Waals surface area contributed by atoms with Crippen molar-refractivity contribution < 1.29 is 9.90 Å². The van der Waals surface area contributed by atoms with Crippen molar-refractivity contribution in [1.29, 1.82) is 0 Å². The maximum absolute atomic E-state index is 11.5. The van der Waals surface area contributed by atoms with E-state index in [1.54, 1.807) is 18.9 Å². The van der Waals surface area contributed by atoms with Gasteiger partial charge in [0.2, 0.25) is 0 Å². The minimum Gasteiger partial charge on any atom is -0.481 e. The van der Waals surface area contributed by atoms with Gasteiger partial charge in [-0.05, 0) is 12.8 Å². The lowest BCUT2D eigenvalue weighted by Crippen LogP contribution is -2.30. The first-order valence-corrected chi connectivity index (χ1v) is 6.02. The molecule has 0 radical (unpaired) electrons. The van der Waals surface area contributed by atoms with Gasteiger partial charge in [-0.25, -0.2) is 4.98 Å². The van der Waals surface area contributed by atoms with Crippen molar-refractivity contribution in [3.63, 3.8) is 0 Å². The van der Waals surface area contributed by atoms with E-state index in [9.17, 15) is 9.59 Å². The van der Waals surface area contributed by atoms with Gasteiger partial charge in [0, 0.05) is 25.6 Å². The first kappa shape index (κ1) is 12.6. The van der Waals surface area contributed by atoms with Crippen LogP contribution in [0.4, 0.5) is 5.82 Å².